The second-order valence-electron chi connectivity index (χ2n) is 15.7. The summed E-state index contributed by atoms with van der Waals surface area (Å²) < 4.78 is 8.77. The van der Waals surface area contributed by atoms with Crippen molar-refractivity contribution in [1.29, 1.82) is 0 Å². The van der Waals surface area contributed by atoms with Crippen LogP contribution in [0.5, 0.6) is 0 Å². The number of furan rings is 1. The molecule has 0 aliphatic carbocycles. The van der Waals surface area contributed by atoms with Gasteiger partial charge in [-0.15, -0.1) is 54.1 Å². The van der Waals surface area contributed by atoms with Crippen molar-refractivity contribution >= 4 is 46.2 Å². The van der Waals surface area contributed by atoms with Gasteiger partial charge in [-0.3, -0.25) is 4.98 Å². The molecule has 55 heavy (non-hydrogen) atoms. The number of hydrogen-bond acceptors (Lipinski definition) is 3. The largest absolute Gasteiger partial charge is 0.501 e. The normalized spacial score (nSPS) is 11.7. The molecular formula is C49H43IrN3OSi-2. The van der Waals surface area contributed by atoms with Crippen molar-refractivity contribution in [2.24, 2.45) is 0 Å². The van der Waals surface area contributed by atoms with Crippen LogP contribution in [0.3, 0.4) is 0 Å². The predicted molar refractivity (Wildman–Crippen MR) is 228 cm³/mol. The Hall–Kier alpha value is -5.39. The average Bonchev–Trinajstić information content (AvgIpc) is 3.77. The quantitative estimate of drug-likeness (QED) is 0.128. The molecule has 4 nitrogen and oxygen atoms in total. The molecule has 0 aliphatic heterocycles. The fraction of sp³-hybridized carbons (Fsp3) is 0.143. The van der Waals surface area contributed by atoms with Crippen molar-refractivity contribution in [1.82, 2.24) is 14.5 Å². The Morgan fingerprint density at radius 1 is 0.673 bits per heavy atom. The summed E-state index contributed by atoms with van der Waals surface area (Å²) >= 11 is 0. The molecular weight excluding hydrogens is 867 g/mol. The van der Waals surface area contributed by atoms with Gasteiger partial charge in [0.05, 0.1) is 36.2 Å². The van der Waals surface area contributed by atoms with Gasteiger partial charge in [0.15, 0.2) is 0 Å². The second kappa shape index (κ2) is 15.4. The summed E-state index contributed by atoms with van der Waals surface area (Å²) in [5, 5.41) is 3.56. The van der Waals surface area contributed by atoms with Gasteiger partial charge in [0.2, 0.25) is 0 Å². The number of nitrogens with zero attached hydrogens (tertiary/aromatic N) is 3. The number of rotatable bonds is 5. The third kappa shape index (κ3) is 7.51. The molecule has 0 aliphatic rings. The predicted octanol–water partition coefficient (Wildman–Crippen LogP) is 12.4. The first kappa shape index (κ1) is 37.9. The van der Waals surface area contributed by atoms with Gasteiger partial charge < -0.3 is 14.0 Å². The van der Waals surface area contributed by atoms with Gasteiger partial charge in [0.25, 0.3) is 0 Å². The van der Waals surface area contributed by atoms with Gasteiger partial charge in [0, 0.05) is 37.3 Å². The SMILES string of the molecule is CC(C)(C)c1cccc(-c2ccccc2)c1-n1c(-c2[c-]ccc3c2oc2ccccc23)nc2ccccc21.C[Si](C)(C)c1ccc(-c2[c-]cccc2)nc1.[Ir]. The average molecular weight is 910 g/mol. The molecule has 0 unspecified atom stereocenters. The molecule has 0 saturated carbocycles. The Balaban J connectivity index is 0.000000231. The molecule has 0 fully saturated rings. The molecule has 0 atom stereocenters. The molecule has 6 aromatic carbocycles. The van der Waals surface area contributed by atoms with Crippen LogP contribution in [0.15, 0.2) is 156 Å². The number of pyridine rings is 1. The Morgan fingerprint density at radius 3 is 2.15 bits per heavy atom. The van der Waals surface area contributed by atoms with E-state index in [-0.39, 0.29) is 25.5 Å². The minimum Gasteiger partial charge on any atom is -0.501 e. The van der Waals surface area contributed by atoms with Crippen LogP contribution >= 0.6 is 0 Å². The maximum atomic E-state index is 6.45. The van der Waals surface area contributed by atoms with Crippen LogP contribution in [0.1, 0.15) is 26.3 Å². The molecule has 3 aromatic heterocycles. The van der Waals surface area contributed by atoms with Gasteiger partial charge in [-0.25, -0.2) is 0 Å². The molecule has 0 N–H and O–H groups in total. The number of fused-ring (bicyclic) bond motifs is 4. The summed E-state index contributed by atoms with van der Waals surface area (Å²) in [6, 6.07) is 56.8. The summed E-state index contributed by atoms with van der Waals surface area (Å²) in [5.41, 5.74) is 11.2. The summed E-state index contributed by atoms with van der Waals surface area (Å²) in [5.74, 6) is 0.824. The first-order valence-corrected chi connectivity index (χ1v) is 22.0. The van der Waals surface area contributed by atoms with Crippen molar-refractivity contribution < 1.29 is 24.5 Å². The van der Waals surface area contributed by atoms with Crippen LogP contribution in [-0.2, 0) is 25.5 Å². The smallest absolute Gasteiger partial charge is 0.120 e. The topological polar surface area (TPSA) is 43.9 Å². The molecule has 0 saturated heterocycles. The van der Waals surface area contributed by atoms with E-state index >= 15 is 0 Å². The Kier molecular flexibility index (Phi) is 10.6. The summed E-state index contributed by atoms with van der Waals surface area (Å²) in [6.45, 7) is 13.8. The molecule has 0 spiro atoms. The minimum absolute atomic E-state index is 0. The van der Waals surface area contributed by atoms with Crippen LogP contribution in [0.4, 0.5) is 0 Å². The monoisotopic (exact) mass is 910 g/mol. The van der Waals surface area contributed by atoms with E-state index in [2.05, 4.69) is 159 Å². The second-order valence-corrected chi connectivity index (χ2v) is 20.8. The summed E-state index contributed by atoms with van der Waals surface area (Å²) in [7, 11) is -1.23. The number of benzene rings is 6. The number of aromatic nitrogens is 3. The molecule has 9 aromatic rings. The molecule has 0 bridgehead atoms. The van der Waals surface area contributed by atoms with Crippen LogP contribution in [0.25, 0.3) is 72.4 Å². The molecule has 9 rings (SSSR count). The van der Waals surface area contributed by atoms with Crippen LogP contribution in [0, 0.1) is 12.1 Å². The Labute approximate surface area is 338 Å². The standard InChI is InChI=1S/C35H27N2O.C14H16NSi.Ir/c1-35(2,3)28-19-12-16-24(23-13-5-4-6-14-23)32(28)37-30-21-9-8-20-29(30)36-34(37)27-18-11-17-26-25-15-7-10-22-31(25)38-33(26)27;1-16(2,3)13-9-10-14(15-11-13)12-7-5-4-6-8-12;/h4-17,19-22H,1-3H3;4-7,9-11H,1-3H3;/q2*-1;. The first-order valence-electron chi connectivity index (χ1n) is 18.5. The van der Waals surface area contributed by atoms with Gasteiger partial charge in [0.1, 0.15) is 5.58 Å². The van der Waals surface area contributed by atoms with Crippen molar-refractivity contribution in [3.63, 3.8) is 0 Å². The number of imidazole rings is 1. The zero-order chi connectivity index (χ0) is 37.5. The van der Waals surface area contributed by atoms with Crippen molar-refractivity contribution in [3.05, 3.63) is 169 Å². The number of para-hydroxylation sites is 4. The van der Waals surface area contributed by atoms with Crippen LogP contribution in [-0.4, -0.2) is 22.6 Å². The van der Waals surface area contributed by atoms with E-state index in [1.165, 1.54) is 21.9 Å². The van der Waals surface area contributed by atoms with Gasteiger partial charge in [-0.1, -0.05) is 142 Å². The molecule has 275 valence electrons. The van der Waals surface area contributed by atoms with Gasteiger partial charge in [-0.2, -0.15) is 0 Å². The third-order valence-electron chi connectivity index (χ3n) is 9.89. The zero-order valence-corrected chi connectivity index (χ0v) is 35.4. The third-order valence-corrected chi connectivity index (χ3v) is 11.9. The zero-order valence-electron chi connectivity index (χ0n) is 32.0. The Morgan fingerprint density at radius 2 is 1.42 bits per heavy atom. The van der Waals surface area contributed by atoms with Crippen LogP contribution in [0.2, 0.25) is 19.6 Å². The van der Waals surface area contributed by atoms with Gasteiger partial charge in [-0.05, 0) is 45.6 Å². The van der Waals surface area contributed by atoms with E-state index in [4.69, 9.17) is 9.40 Å². The fourth-order valence-corrected chi connectivity index (χ4v) is 8.10. The summed E-state index contributed by atoms with van der Waals surface area (Å²) in [4.78, 5) is 9.73. The van der Waals surface area contributed by atoms with E-state index in [9.17, 15) is 0 Å². The van der Waals surface area contributed by atoms with Crippen molar-refractivity contribution in [2.75, 3.05) is 0 Å². The maximum Gasteiger partial charge on any atom is 0.120 e. The molecule has 1 radical (unpaired) electrons. The molecule has 0 amide bonds. The van der Waals surface area contributed by atoms with Crippen molar-refractivity contribution in [3.8, 4) is 39.5 Å². The number of hydrogen-bond donors (Lipinski definition) is 0. The fourth-order valence-electron chi connectivity index (χ4n) is 7.07. The molecule has 3 heterocycles. The van der Waals surface area contributed by atoms with E-state index in [0.717, 1.165) is 61.3 Å². The Bertz CT molecular complexity index is 2720. The van der Waals surface area contributed by atoms with E-state index in [0.29, 0.717) is 0 Å². The van der Waals surface area contributed by atoms with E-state index in [1.54, 1.807) is 0 Å². The van der Waals surface area contributed by atoms with Crippen LogP contribution < -0.4 is 5.19 Å². The minimum atomic E-state index is -1.23. The van der Waals surface area contributed by atoms with E-state index in [1.807, 2.05) is 54.7 Å². The van der Waals surface area contributed by atoms with E-state index < -0.39 is 8.07 Å². The van der Waals surface area contributed by atoms with Crippen molar-refractivity contribution in [2.45, 2.75) is 45.8 Å². The maximum absolute atomic E-state index is 6.45. The van der Waals surface area contributed by atoms with Gasteiger partial charge >= 0.3 is 0 Å². The molecule has 6 heteroatoms. The summed E-state index contributed by atoms with van der Waals surface area (Å²) in [6.07, 6.45) is 2.02. The first-order chi connectivity index (χ1) is 26.1.